The number of aromatic nitrogens is 3. The van der Waals surface area contributed by atoms with Crippen molar-refractivity contribution in [3.05, 3.63) is 30.0 Å². The molecule has 0 saturated carbocycles. The van der Waals surface area contributed by atoms with E-state index >= 15 is 0 Å². The highest BCUT2D eigenvalue weighted by Crippen LogP contribution is 2.27. The summed E-state index contributed by atoms with van der Waals surface area (Å²) in [5, 5.41) is 14.1. The first-order valence-electron chi connectivity index (χ1n) is 8.60. The van der Waals surface area contributed by atoms with Gasteiger partial charge in [0.15, 0.2) is 27.2 Å². The summed E-state index contributed by atoms with van der Waals surface area (Å²) in [5.41, 5.74) is 1.08. The third-order valence-electron chi connectivity index (χ3n) is 4.29. The fraction of sp³-hybridized carbons (Fsp3) is 0.471. The summed E-state index contributed by atoms with van der Waals surface area (Å²) in [6.45, 7) is 0.610. The van der Waals surface area contributed by atoms with E-state index < -0.39 is 9.84 Å². The molecule has 9 nitrogen and oxygen atoms in total. The first-order valence-corrected chi connectivity index (χ1v) is 10.4. The Balaban J connectivity index is 1.54. The molecule has 2 aromatic rings. The number of anilines is 2. The van der Waals surface area contributed by atoms with E-state index in [1.807, 2.05) is 18.2 Å². The second kappa shape index (κ2) is 8.38. The Labute approximate surface area is 158 Å². The van der Waals surface area contributed by atoms with Gasteiger partial charge in [-0.3, -0.25) is 0 Å². The summed E-state index contributed by atoms with van der Waals surface area (Å²) in [6, 6.07) is 5.64. The molecule has 27 heavy (non-hydrogen) atoms. The second-order valence-corrected chi connectivity index (χ2v) is 8.50. The molecule has 1 aromatic heterocycles. The van der Waals surface area contributed by atoms with Crippen LogP contribution < -0.4 is 20.1 Å². The quantitative estimate of drug-likeness (QED) is 0.681. The van der Waals surface area contributed by atoms with Gasteiger partial charge in [-0.15, -0.1) is 5.10 Å². The van der Waals surface area contributed by atoms with Crippen LogP contribution in [0.1, 0.15) is 12.0 Å². The average Bonchev–Trinajstić information content (AvgIpc) is 3.00. The predicted octanol–water partition coefficient (Wildman–Crippen LogP) is 1.14. The van der Waals surface area contributed by atoms with Crippen molar-refractivity contribution in [1.82, 2.24) is 15.2 Å². The monoisotopic (exact) mass is 393 g/mol. The van der Waals surface area contributed by atoms with Gasteiger partial charge in [0.25, 0.3) is 0 Å². The van der Waals surface area contributed by atoms with Crippen molar-refractivity contribution in [2.45, 2.75) is 18.9 Å². The maximum atomic E-state index is 11.5. The minimum atomic E-state index is -2.94. The summed E-state index contributed by atoms with van der Waals surface area (Å²) < 4.78 is 33.6. The first kappa shape index (κ1) is 19.2. The molecule has 3 rings (SSSR count). The molecule has 0 radical (unpaired) electrons. The van der Waals surface area contributed by atoms with Crippen LogP contribution in [0.2, 0.25) is 0 Å². The van der Waals surface area contributed by atoms with Gasteiger partial charge in [0.1, 0.15) is 0 Å². The van der Waals surface area contributed by atoms with Gasteiger partial charge in [-0.25, -0.2) is 8.42 Å². The fourth-order valence-corrected chi connectivity index (χ4v) is 4.59. The van der Waals surface area contributed by atoms with Crippen LogP contribution in [-0.4, -0.2) is 61.9 Å². The van der Waals surface area contributed by atoms with E-state index in [-0.39, 0.29) is 17.5 Å². The molecule has 0 aliphatic carbocycles. The fourth-order valence-electron chi connectivity index (χ4n) is 2.92. The molecular formula is C17H23N5O4S. The van der Waals surface area contributed by atoms with Gasteiger partial charge in [-0.05, 0) is 30.5 Å². The summed E-state index contributed by atoms with van der Waals surface area (Å²) >= 11 is 0. The summed E-state index contributed by atoms with van der Waals surface area (Å²) in [5.74, 6) is 2.61. The van der Waals surface area contributed by atoms with E-state index in [1.54, 1.807) is 14.2 Å². The Morgan fingerprint density at radius 3 is 2.74 bits per heavy atom. The number of hydrogen-bond acceptors (Lipinski definition) is 9. The standard InChI is InChI=1S/C17H23N5O4S/c1-25-14-4-3-12(9-15(14)26-2)5-7-18-17-21-16(10-19-22-17)20-13-6-8-27(23,24)11-13/h3-4,9-10,13H,5-8,11H2,1-2H3,(H2,18,20,21,22). The second-order valence-electron chi connectivity index (χ2n) is 6.28. The Hall–Kier alpha value is -2.62. The number of rotatable bonds is 8. The highest BCUT2D eigenvalue weighted by atomic mass is 32.2. The molecule has 2 heterocycles. The van der Waals surface area contributed by atoms with Crippen molar-refractivity contribution in [2.75, 3.05) is 42.9 Å². The number of nitrogens with zero attached hydrogens (tertiary/aromatic N) is 3. The SMILES string of the molecule is COc1ccc(CCNc2nncc(NC3CCS(=O)(=O)C3)n2)cc1OC. The molecule has 2 N–H and O–H groups in total. The van der Waals surface area contributed by atoms with Gasteiger partial charge in [0, 0.05) is 12.6 Å². The highest BCUT2D eigenvalue weighted by molar-refractivity contribution is 7.91. The average molecular weight is 393 g/mol. The van der Waals surface area contributed by atoms with E-state index in [9.17, 15) is 8.42 Å². The Morgan fingerprint density at radius 1 is 1.22 bits per heavy atom. The lowest BCUT2D eigenvalue weighted by molar-refractivity contribution is 0.354. The van der Waals surface area contributed by atoms with Gasteiger partial charge in [-0.1, -0.05) is 6.07 Å². The Kier molecular flexibility index (Phi) is 5.94. The lowest BCUT2D eigenvalue weighted by Crippen LogP contribution is -2.22. The molecule has 1 aromatic carbocycles. The molecule has 0 bridgehead atoms. The van der Waals surface area contributed by atoms with Crippen LogP contribution in [0.5, 0.6) is 11.5 Å². The van der Waals surface area contributed by atoms with E-state index in [0.29, 0.717) is 36.2 Å². The minimum absolute atomic E-state index is 0.124. The third kappa shape index (κ3) is 5.19. The number of benzene rings is 1. The number of ether oxygens (including phenoxy) is 2. The lowest BCUT2D eigenvalue weighted by atomic mass is 10.1. The first-order chi connectivity index (χ1) is 13.0. The topological polar surface area (TPSA) is 115 Å². The molecule has 146 valence electrons. The molecule has 1 unspecified atom stereocenters. The predicted molar refractivity (Wildman–Crippen MR) is 102 cm³/mol. The van der Waals surface area contributed by atoms with Gasteiger partial charge in [-0.2, -0.15) is 10.1 Å². The normalized spacial score (nSPS) is 18.1. The van der Waals surface area contributed by atoms with E-state index in [1.165, 1.54) is 6.20 Å². The molecule has 1 atom stereocenters. The summed E-state index contributed by atoms with van der Waals surface area (Å²) in [4.78, 5) is 4.34. The molecule has 10 heteroatoms. The number of sulfone groups is 1. The van der Waals surface area contributed by atoms with Crippen LogP contribution in [0, 0.1) is 0 Å². The molecule has 1 aliphatic rings. The molecule has 1 saturated heterocycles. The van der Waals surface area contributed by atoms with Crippen molar-refractivity contribution in [3.63, 3.8) is 0 Å². The molecule has 0 amide bonds. The molecular weight excluding hydrogens is 370 g/mol. The molecule has 0 spiro atoms. The molecule has 1 fully saturated rings. The van der Waals surface area contributed by atoms with Gasteiger partial charge in [0.2, 0.25) is 5.95 Å². The smallest absolute Gasteiger partial charge is 0.244 e. The van der Waals surface area contributed by atoms with Crippen LogP contribution in [0.3, 0.4) is 0 Å². The number of nitrogens with one attached hydrogen (secondary N) is 2. The Bertz CT molecular complexity index is 891. The maximum Gasteiger partial charge on any atom is 0.244 e. The van der Waals surface area contributed by atoms with Crippen LogP contribution in [0.4, 0.5) is 11.8 Å². The zero-order valence-electron chi connectivity index (χ0n) is 15.3. The minimum Gasteiger partial charge on any atom is -0.493 e. The maximum absolute atomic E-state index is 11.5. The van der Waals surface area contributed by atoms with Gasteiger partial charge < -0.3 is 20.1 Å². The summed E-state index contributed by atoms with van der Waals surface area (Å²) in [6.07, 6.45) is 2.81. The van der Waals surface area contributed by atoms with Gasteiger partial charge in [0.05, 0.1) is 31.9 Å². The van der Waals surface area contributed by atoms with Crippen LogP contribution in [0.25, 0.3) is 0 Å². The van der Waals surface area contributed by atoms with Crippen LogP contribution >= 0.6 is 0 Å². The van der Waals surface area contributed by atoms with E-state index in [0.717, 1.165) is 12.0 Å². The largest absolute Gasteiger partial charge is 0.493 e. The summed E-state index contributed by atoms with van der Waals surface area (Å²) in [7, 11) is 0.265. The zero-order valence-corrected chi connectivity index (χ0v) is 16.1. The third-order valence-corrected chi connectivity index (χ3v) is 6.06. The van der Waals surface area contributed by atoms with E-state index in [2.05, 4.69) is 25.8 Å². The van der Waals surface area contributed by atoms with Crippen molar-refractivity contribution in [3.8, 4) is 11.5 Å². The number of methoxy groups -OCH3 is 2. The van der Waals surface area contributed by atoms with E-state index in [4.69, 9.17) is 9.47 Å². The van der Waals surface area contributed by atoms with Crippen molar-refractivity contribution < 1.29 is 17.9 Å². The zero-order chi connectivity index (χ0) is 19.3. The van der Waals surface area contributed by atoms with Crippen molar-refractivity contribution in [2.24, 2.45) is 0 Å². The van der Waals surface area contributed by atoms with Gasteiger partial charge >= 0.3 is 0 Å². The highest BCUT2D eigenvalue weighted by Gasteiger charge is 2.28. The lowest BCUT2D eigenvalue weighted by Gasteiger charge is -2.12. The van der Waals surface area contributed by atoms with Crippen LogP contribution in [0.15, 0.2) is 24.4 Å². The van der Waals surface area contributed by atoms with Crippen molar-refractivity contribution in [1.29, 1.82) is 0 Å². The van der Waals surface area contributed by atoms with Crippen LogP contribution in [-0.2, 0) is 16.3 Å². The molecule has 1 aliphatic heterocycles. The Morgan fingerprint density at radius 2 is 2.04 bits per heavy atom. The number of hydrogen-bond donors (Lipinski definition) is 2. The van der Waals surface area contributed by atoms with Crippen molar-refractivity contribution >= 4 is 21.6 Å².